The highest BCUT2D eigenvalue weighted by Crippen LogP contribution is 2.47. The molecule has 0 aromatic heterocycles. The SMILES string of the molecule is CCCOc1c(CC=CN(O)C(=O)Cc2ccccc2)cc(C2CCC(c3cc(OC)c(OC)c(OC)c3)O2)cc1OC. The van der Waals surface area contributed by atoms with Crippen LogP contribution >= 0.6 is 0 Å². The minimum absolute atomic E-state index is 0.0992. The Bertz CT molecular complexity index is 1370. The smallest absolute Gasteiger partial charge is 0.254 e. The zero-order valence-electron chi connectivity index (χ0n) is 25.5. The number of hydrogen-bond donors (Lipinski definition) is 1. The first-order valence-electron chi connectivity index (χ1n) is 14.4. The minimum atomic E-state index is -0.423. The molecular weight excluding hydrogens is 550 g/mol. The van der Waals surface area contributed by atoms with Crippen molar-refractivity contribution in [1.29, 1.82) is 0 Å². The lowest BCUT2D eigenvalue weighted by Gasteiger charge is -2.20. The molecule has 2 atom stereocenters. The van der Waals surface area contributed by atoms with Crippen LogP contribution in [0.25, 0.3) is 0 Å². The molecule has 43 heavy (non-hydrogen) atoms. The lowest BCUT2D eigenvalue weighted by Crippen LogP contribution is -2.23. The Labute approximate surface area is 253 Å². The van der Waals surface area contributed by atoms with Gasteiger partial charge in [-0.2, -0.15) is 5.06 Å². The molecule has 3 aromatic carbocycles. The van der Waals surface area contributed by atoms with Crippen LogP contribution in [0.4, 0.5) is 0 Å². The van der Waals surface area contributed by atoms with Gasteiger partial charge >= 0.3 is 0 Å². The molecule has 3 aromatic rings. The van der Waals surface area contributed by atoms with E-state index in [-0.39, 0.29) is 18.6 Å². The Morgan fingerprint density at radius 1 is 0.884 bits per heavy atom. The van der Waals surface area contributed by atoms with Crippen LogP contribution in [-0.4, -0.2) is 51.2 Å². The van der Waals surface area contributed by atoms with Crippen molar-refractivity contribution < 1.29 is 38.4 Å². The van der Waals surface area contributed by atoms with Crippen molar-refractivity contribution in [2.24, 2.45) is 0 Å². The molecule has 1 fully saturated rings. The van der Waals surface area contributed by atoms with Gasteiger partial charge in [0.15, 0.2) is 23.0 Å². The molecule has 0 aliphatic carbocycles. The second kappa shape index (κ2) is 15.3. The van der Waals surface area contributed by atoms with Gasteiger partial charge in [0.2, 0.25) is 5.75 Å². The van der Waals surface area contributed by atoms with Gasteiger partial charge in [-0.25, -0.2) is 0 Å². The molecule has 1 amide bonds. The summed E-state index contributed by atoms with van der Waals surface area (Å²) < 4.78 is 34.9. The van der Waals surface area contributed by atoms with Crippen LogP contribution in [0.15, 0.2) is 66.9 Å². The third-order valence-electron chi connectivity index (χ3n) is 7.31. The van der Waals surface area contributed by atoms with Gasteiger partial charge in [-0.05, 0) is 66.6 Å². The highest BCUT2D eigenvalue weighted by Gasteiger charge is 2.31. The minimum Gasteiger partial charge on any atom is -0.493 e. The number of allylic oxidation sites excluding steroid dienone is 1. The topological polar surface area (TPSA) is 95.9 Å². The van der Waals surface area contributed by atoms with Crippen molar-refractivity contribution in [3.63, 3.8) is 0 Å². The molecular formula is C34H41NO8. The Morgan fingerprint density at radius 3 is 2.02 bits per heavy atom. The Kier molecular flexibility index (Phi) is 11.3. The van der Waals surface area contributed by atoms with Gasteiger partial charge in [0.25, 0.3) is 5.91 Å². The molecule has 0 spiro atoms. The van der Waals surface area contributed by atoms with E-state index >= 15 is 0 Å². The van der Waals surface area contributed by atoms with Crippen LogP contribution in [0.1, 0.15) is 60.6 Å². The van der Waals surface area contributed by atoms with E-state index in [9.17, 15) is 10.0 Å². The first kappa shape index (κ1) is 31.7. The van der Waals surface area contributed by atoms with E-state index in [1.54, 1.807) is 34.5 Å². The lowest BCUT2D eigenvalue weighted by molar-refractivity contribution is -0.153. The Hall–Kier alpha value is -4.21. The molecule has 1 aliphatic rings. The number of hydrogen-bond acceptors (Lipinski definition) is 8. The van der Waals surface area contributed by atoms with Crippen molar-refractivity contribution >= 4 is 5.91 Å². The number of carbonyl (C=O) groups excluding carboxylic acids is 1. The van der Waals surface area contributed by atoms with Crippen molar-refractivity contribution in [3.8, 4) is 28.7 Å². The third-order valence-corrected chi connectivity index (χ3v) is 7.31. The maximum absolute atomic E-state index is 12.5. The first-order valence-corrected chi connectivity index (χ1v) is 14.4. The Morgan fingerprint density at radius 2 is 1.47 bits per heavy atom. The predicted molar refractivity (Wildman–Crippen MR) is 162 cm³/mol. The molecule has 1 heterocycles. The normalized spacial score (nSPS) is 16.2. The summed E-state index contributed by atoms with van der Waals surface area (Å²) in [6.45, 7) is 2.56. The quantitative estimate of drug-likeness (QED) is 0.165. The van der Waals surface area contributed by atoms with Gasteiger partial charge in [0.05, 0.1) is 53.7 Å². The van der Waals surface area contributed by atoms with E-state index < -0.39 is 5.91 Å². The maximum atomic E-state index is 12.5. The second-order valence-electron chi connectivity index (χ2n) is 10.2. The van der Waals surface area contributed by atoms with Crippen LogP contribution in [-0.2, 0) is 22.4 Å². The number of rotatable bonds is 14. The average molecular weight is 592 g/mol. The van der Waals surface area contributed by atoms with Crippen molar-refractivity contribution in [2.75, 3.05) is 35.0 Å². The van der Waals surface area contributed by atoms with Gasteiger partial charge in [-0.3, -0.25) is 10.0 Å². The first-order chi connectivity index (χ1) is 20.9. The summed E-state index contributed by atoms with van der Waals surface area (Å²) in [6.07, 6.45) is 5.70. The number of methoxy groups -OCH3 is 4. The fourth-order valence-electron chi connectivity index (χ4n) is 5.17. The number of ether oxygens (including phenoxy) is 6. The van der Waals surface area contributed by atoms with Crippen LogP contribution in [0.5, 0.6) is 28.7 Å². The fraction of sp³-hybridized carbons (Fsp3) is 0.382. The van der Waals surface area contributed by atoms with E-state index in [0.717, 1.165) is 41.5 Å². The summed E-state index contributed by atoms with van der Waals surface area (Å²) in [5, 5.41) is 11.0. The molecule has 2 unspecified atom stereocenters. The second-order valence-corrected chi connectivity index (χ2v) is 10.2. The monoisotopic (exact) mass is 591 g/mol. The van der Waals surface area contributed by atoms with Gasteiger partial charge in [0, 0.05) is 11.8 Å². The van der Waals surface area contributed by atoms with Crippen molar-refractivity contribution in [2.45, 2.75) is 51.2 Å². The van der Waals surface area contributed by atoms with Gasteiger partial charge in [-0.1, -0.05) is 43.3 Å². The summed E-state index contributed by atoms with van der Waals surface area (Å²) in [5.74, 6) is 2.52. The average Bonchev–Trinajstić information content (AvgIpc) is 3.54. The maximum Gasteiger partial charge on any atom is 0.254 e. The molecule has 230 valence electrons. The largest absolute Gasteiger partial charge is 0.493 e. The van der Waals surface area contributed by atoms with Crippen LogP contribution in [0.2, 0.25) is 0 Å². The lowest BCUT2D eigenvalue weighted by atomic mass is 9.99. The van der Waals surface area contributed by atoms with E-state index in [2.05, 4.69) is 0 Å². The Balaban J connectivity index is 1.54. The number of carbonyl (C=O) groups is 1. The van der Waals surface area contributed by atoms with E-state index in [1.165, 1.54) is 6.20 Å². The summed E-state index contributed by atoms with van der Waals surface area (Å²) in [7, 11) is 6.39. The van der Waals surface area contributed by atoms with Gasteiger partial charge in [-0.15, -0.1) is 0 Å². The number of benzene rings is 3. The van der Waals surface area contributed by atoms with Crippen molar-refractivity contribution in [1.82, 2.24) is 5.06 Å². The van der Waals surface area contributed by atoms with Crippen LogP contribution in [0.3, 0.4) is 0 Å². The highest BCUT2D eigenvalue weighted by atomic mass is 16.5. The van der Waals surface area contributed by atoms with E-state index in [1.807, 2.05) is 61.5 Å². The summed E-state index contributed by atoms with van der Waals surface area (Å²) in [5.41, 5.74) is 3.59. The van der Waals surface area contributed by atoms with Gasteiger partial charge in [0.1, 0.15) is 0 Å². The molecule has 9 heteroatoms. The molecule has 1 N–H and O–H groups in total. The zero-order valence-corrected chi connectivity index (χ0v) is 25.5. The summed E-state index contributed by atoms with van der Waals surface area (Å²) in [4.78, 5) is 12.5. The molecule has 1 aliphatic heterocycles. The number of nitrogens with zero attached hydrogens (tertiary/aromatic N) is 1. The highest BCUT2D eigenvalue weighted by molar-refractivity contribution is 5.78. The zero-order chi connectivity index (χ0) is 30.8. The fourth-order valence-corrected chi connectivity index (χ4v) is 5.17. The van der Waals surface area contributed by atoms with E-state index in [0.29, 0.717) is 46.8 Å². The third kappa shape index (κ3) is 7.80. The van der Waals surface area contributed by atoms with Gasteiger partial charge < -0.3 is 28.4 Å². The van der Waals surface area contributed by atoms with E-state index in [4.69, 9.17) is 28.4 Å². The number of hydroxylamine groups is 2. The standard InChI is InChI=1S/C34H41NO8/c1-6-17-42-33-24(13-10-16-35(37)32(36)18-23-11-8-7-9-12-23)19-25(20-29(33)38-2)27-14-15-28(43-27)26-21-30(39-3)34(41-5)31(22-26)40-4/h7-12,16,19-22,27-28,37H,6,13-15,17-18H2,1-5H3. The molecule has 0 saturated carbocycles. The molecule has 4 rings (SSSR count). The molecule has 0 bridgehead atoms. The predicted octanol–water partition coefficient (Wildman–Crippen LogP) is 6.62. The van der Waals surface area contributed by atoms with Crippen LogP contribution < -0.4 is 23.7 Å². The number of amides is 1. The molecule has 0 radical (unpaired) electrons. The summed E-state index contributed by atoms with van der Waals surface area (Å²) >= 11 is 0. The molecule has 1 saturated heterocycles. The van der Waals surface area contributed by atoms with Crippen LogP contribution in [0, 0.1) is 0 Å². The molecule has 9 nitrogen and oxygen atoms in total. The van der Waals surface area contributed by atoms with Crippen molar-refractivity contribution in [3.05, 3.63) is 89.1 Å². The summed E-state index contributed by atoms with van der Waals surface area (Å²) in [6, 6.07) is 17.2.